The molecule has 2 atom stereocenters. The molecule has 5 heteroatoms. The molecule has 0 amide bonds. The molecule has 1 saturated carbocycles. The summed E-state index contributed by atoms with van der Waals surface area (Å²) in [7, 11) is 3.23. The van der Waals surface area contributed by atoms with Crippen LogP contribution in [0, 0.1) is 5.41 Å². The predicted molar refractivity (Wildman–Crippen MR) is 110 cm³/mol. The van der Waals surface area contributed by atoms with Gasteiger partial charge in [-0.15, -0.1) is 0 Å². The molecule has 1 aliphatic carbocycles. The van der Waals surface area contributed by atoms with Gasteiger partial charge < -0.3 is 18.9 Å². The van der Waals surface area contributed by atoms with Gasteiger partial charge in [0.05, 0.1) is 14.2 Å². The average Bonchev–Trinajstić information content (AvgIpc) is 2.74. The van der Waals surface area contributed by atoms with E-state index in [-0.39, 0.29) is 5.78 Å². The first-order valence-electron chi connectivity index (χ1n) is 9.61. The summed E-state index contributed by atoms with van der Waals surface area (Å²) in [6.07, 6.45) is 2.96. The van der Waals surface area contributed by atoms with E-state index in [0.29, 0.717) is 34.1 Å². The van der Waals surface area contributed by atoms with Crippen LogP contribution in [0.2, 0.25) is 0 Å². The van der Waals surface area contributed by atoms with Gasteiger partial charge in [0.25, 0.3) is 0 Å². The zero-order valence-corrected chi connectivity index (χ0v) is 16.8. The van der Waals surface area contributed by atoms with Crippen molar-refractivity contribution in [3.63, 3.8) is 0 Å². The maximum absolute atomic E-state index is 13.5. The normalized spacial score (nSPS) is 23.1. The van der Waals surface area contributed by atoms with Crippen molar-refractivity contribution < 1.29 is 23.7 Å². The molecule has 0 N–H and O–H groups in total. The van der Waals surface area contributed by atoms with Gasteiger partial charge in [0.15, 0.2) is 28.8 Å². The third-order valence-corrected chi connectivity index (χ3v) is 5.99. The second-order valence-corrected chi connectivity index (χ2v) is 8.10. The van der Waals surface area contributed by atoms with Gasteiger partial charge >= 0.3 is 0 Å². The SMILES string of the molecule is COc1cccc2c1O[C@@H]1C(=C2)C(=O)C2=Cc3cccc(OC)c3O[C@H]2C1(C)C. The summed E-state index contributed by atoms with van der Waals surface area (Å²) in [5.41, 5.74) is 2.49. The first-order chi connectivity index (χ1) is 14.0. The van der Waals surface area contributed by atoms with Crippen LogP contribution < -0.4 is 18.9 Å². The summed E-state index contributed by atoms with van der Waals surface area (Å²) in [6.45, 7) is 4.13. The van der Waals surface area contributed by atoms with Gasteiger partial charge in [0.2, 0.25) is 0 Å². The van der Waals surface area contributed by atoms with Crippen molar-refractivity contribution in [2.45, 2.75) is 26.1 Å². The van der Waals surface area contributed by atoms with Gasteiger partial charge in [-0.1, -0.05) is 38.1 Å². The summed E-state index contributed by atoms with van der Waals surface area (Å²) >= 11 is 0. The number of carbonyl (C=O) groups excluding carboxylic acids is 1. The van der Waals surface area contributed by atoms with Gasteiger partial charge in [-0.3, -0.25) is 4.79 Å². The molecule has 0 unspecified atom stereocenters. The first-order valence-corrected chi connectivity index (χ1v) is 9.61. The molecular formula is C24H22O5. The van der Waals surface area contributed by atoms with Crippen LogP contribution in [-0.4, -0.2) is 32.2 Å². The highest BCUT2D eigenvalue weighted by Gasteiger charge is 2.55. The zero-order chi connectivity index (χ0) is 20.3. The van der Waals surface area contributed by atoms with E-state index >= 15 is 0 Å². The van der Waals surface area contributed by atoms with E-state index in [9.17, 15) is 4.79 Å². The van der Waals surface area contributed by atoms with Crippen molar-refractivity contribution in [2.75, 3.05) is 14.2 Å². The molecule has 0 bridgehead atoms. The Morgan fingerprint density at radius 2 is 1.24 bits per heavy atom. The van der Waals surface area contributed by atoms with Crippen LogP contribution in [0.15, 0.2) is 47.5 Å². The van der Waals surface area contributed by atoms with Crippen molar-refractivity contribution in [1.82, 2.24) is 0 Å². The Hall–Kier alpha value is -3.21. The summed E-state index contributed by atoms with van der Waals surface area (Å²) in [5.74, 6) is 2.58. The van der Waals surface area contributed by atoms with Gasteiger partial charge in [-0.05, 0) is 24.3 Å². The highest BCUT2D eigenvalue weighted by molar-refractivity contribution is 6.17. The fourth-order valence-corrected chi connectivity index (χ4v) is 4.49. The first kappa shape index (κ1) is 17.9. The number of hydrogen-bond acceptors (Lipinski definition) is 5. The van der Waals surface area contributed by atoms with Crippen LogP contribution in [0.5, 0.6) is 23.0 Å². The minimum absolute atomic E-state index is 0.0405. The smallest absolute Gasteiger partial charge is 0.192 e. The standard InChI is InChI=1S/C24H22O5/c1-24(2)22-15(11-13-7-5-9-17(26-3)20(13)28-22)19(25)16-12-14-8-6-10-18(27-4)21(14)29-23(16)24/h5-12,22-23H,1-4H3/t22-,23-/m1/s1. The molecule has 0 saturated heterocycles. The van der Waals surface area contributed by atoms with E-state index in [0.717, 1.165) is 11.1 Å². The van der Waals surface area contributed by atoms with Gasteiger partial charge in [0, 0.05) is 27.7 Å². The fourth-order valence-electron chi connectivity index (χ4n) is 4.49. The molecule has 0 aromatic heterocycles. The maximum Gasteiger partial charge on any atom is 0.192 e. The Morgan fingerprint density at radius 3 is 1.66 bits per heavy atom. The Balaban J connectivity index is 1.68. The summed E-state index contributed by atoms with van der Waals surface area (Å²) in [4.78, 5) is 13.5. The van der Waals surface area contributed by atoms with Crippen LogP contribution in [0.3, 0.4) is 0 Å². The van der Waals surface area contributed by atoms with Crippen LogP contribution in [0.4, 0.5) is 0 Å². The molecule has 2 aromatic rings. The number of rotatable bonds is 2. The fraction of sp³-hybridized carbons (Fsp3) is 0.292. The highest BCUT2D eigenvalue weighted by Crippen LogP contribution is 2.52. The Labute approximate surface area is 169 Å². The molecule has 148 valence electrons. The van der Waals surface area contributed by atoms with Crippen molar-refractivity contribution in [3.8, 4) is 23.0 Å². The number of ether oxygens (including phenoxy) is 4. The number of hydrogen-bond donors (Lipinski definition) is 0. The largest absolute Gasteiger partial charge is 0.493 e. The number of benzene rings is 2. The topological polar surface area (TPSA) is 54.0 Å². The summed E-state index contributed by atoms with van der Waals surface area (Å²) < 4.78 is 23.7. The number of para-hydroxylation sites is 2. The molecule has 0 spiro atoms. The molecule has 0 radical (unpaired) electrons. The van der Waals surface area contributed by atoms with E-state index in [1.54, 1.807) is 14.2 Å². The van der Waals surface area contributed by atoms with Gasteiger partial charge in [-0.25, -0.2) is 0 Å². The van der Waals surface area contributed by atoms with Crippen LogP contribution in [0.25, 0.3) is 12.2 Å². The van der Waals surface area contributed by atoms with E-state index in [1.807, 2.05) is 48.6 Å². The molecule has 3 aliphatic rings. The Morgan fingerprint density at radius 1 is 0.793 bits per heavy atom. The molecule has 5 nitrogen and oxygen atoms in total. The van der Waals surface area contributed by atoms with Crippen molar-refractivity contribution in [1.29, 1.82) is 0 Å². The summed E-state index contributed by atoms with van der Waals surface area (Å²) in [6, 6.07) is 11.4. The zero-order valence-electron chi connectivity index (χ0n) is 16.8. The molecule has 1 fully saturated rings. The number of fused-ring (bicyclic) bond motifs is 4. The highest BCUT2D eigenvalue weighted by atomic mass is 16.5. The van der Waals surface area contributed by atoms with Crippen LogP contribution in [0.1, 0.15) is 25.0 Å². The van der Waals surface area contributed by atoms with E-state index < -0.39 is 17.6 Å². The molecular weight excluding hydrogens is 368 g/mol. The van der Waals surface area contributed by atoms with E-state index in [2.05, 4.69) is 13.8 Å². The van der Waals surface area contributed by atoms with Crippen LogP contribution >= 0.6 is 0 Å². The van der Waals surface area contributed by atoms with Gasteiger partial charge in [-0.2, -0.15) is 0 Å². The second kappa shape index (κ2) is 6.14. The predicted octanol–water partition coefficient (Wildman–Crippen LogP) is 4.30. The van der Waals surface area contributed by atoms with E-state index in [1.165, 1.54) is 0 Å². The Kier molecular flexibility index (Phi) is 3.78. The molecule has 2 heterocycles. The minimum atomic E-state index is -0.497. The van der Waals surface area contributed by atoms with E-state index in [4.69, 9.17) is 18.9 Å². The second-order valence-electron chi connectivity index (χ2n) is 8.10. The number of Topliss-reactive ketones (excluding diaryl/α,β-unsaturated/α-hetero) is 1. The monoisotopic (exact) mass is 390 g/mol. The van der Waals surface area contributed by atoms with Gasteiger partial charge in [0.1, 0.15) is 12.2 Å². The van der Waals surface area contributed by atoms with Crippen LogP contribution in [-0.2, 0) is 4.79 Å². The quantitative estimate of drug-likeness (QED) is 0.765. The van der Waals surface area contributed by atoms with Crippen molar-refractivity contribution in [2.24, 2.45) is 5.41 Å². The number of ketones is 1. The molecule has 29 heavy (non-hydrogen) atoms. The third kappa shape index (κ3) is 2.43. The molecule has 2 aromatic carbocycles. The Bertz CT molecular complexity index is 1010. The minimum Gasteiger partial charge on any atom is -0.493 e. The lowest BCUT2D eigenvalue weighted by Gasteiger charge is -2.48. The number of carbonyl (C=O) groups is 1. The van der Waals surface area contributed by atoms with Crippen molar-refractivity contribution in [3.05, 3.63) is 58.7 Å². The lowest BCUT2D eigenvalue weighted by molar-refractivity contribution is -0.119. The molecule has 2 aliphatic heterocycles. The maximum atomic E-state index is 13.5. The lowest BCUT2D eigenvalue weighted by Crippen LogP contribution is -2.56. The lowest BCUT2D eigenvalue weighted by atomic mass is 9.65. The number of methoxy groups -OCH3 is 2. The summed E-state index contributed by atoms with van der Waals surface area (Å²) in [5, 5.41) is 0. The average molecular weight is 390 g/mol. The third-order valence-electron chi connectivity index (χ3n) is 5.99. The molecule has 5 rings (SSSR count). The van der Waals surface area contributed by atoms with Crippen molar-refractivity contribution >= 4 is 17.9 Å².